The number of rotatable bonds is 4. The Morgan fingerprint density at radius 1 is 1.36 bits per heavy atom. The number of thiophene rings is 1. The van der Waals surface area contributed by atoms with Crippen LogP contribution in [0.1, 0.15) is 16.9 Å². The molecule has 10 heteroatoms. The average molecular weight is 413 g/mol. The first kappa shape index (κ1) is 17.3. The van der Waals surface area contributed by atoms with Crippen molar-refractivity contribution in [3.63, 3.8) is 0 Å². The van der Waals surface area contributed by atoms with Crippen LogP contribution in [0.2, 0.25) is 0 Å². The van der Waals surface area contributed by atoms with Crippen molar-refractivity contribution in [2.24, 2.45) is 5.92 Å². The van der Waals surface area contributed by atoms with Gasteiger partial charge in [0.2, 0.25) is 0 Å². The summed E-state index contributed by atoms with van der Waals surface area (Å²) in [4.78, 5) is 22.2. The number of methoxy groups -OCH3 is 1. The van der Waals surface area contributed by atoms with Crippen LogP contribution in [-0.2, 0) is 17.6 Å². The highest BCUT2D eigenvalue weighted by molar-refractivity contribution is 7.19. The number of nitrogens with one attached hydrogen (secondary N) is 1. The fourth-order valence-corrected chi connectivity index (χ4v) is 5.47. The Morgan fingerprint density at radius 3 is 3.07 bits per heavy atom. The van der Waals surface area contributed by atoms with E-state index in [-0.39, 0.29) is 5.92 Å². The number of benzene rings is 1. The van der Waals surface area contributed by atoms with E-state index >= 15 is 0 Å². The molecule has 8 nitrogen and oxygen atoms in total. The number of ether oxygens (including phenoxy) is 1. The summed E-state index contributed by atoms with van der Waals surface area (Å²) in [6.45, 7) is 0. The molecule has 142 valence electrons. The molecule has 0 bridgehead atoms. The molecule has 2 N–H and O–H groups in total. The van der Waals surface area contributed by atoms with Gasteiger partial charge in [0.15, 0.2) is 0 Å². The van der Waals surface area contributed by atoms with Gasteiger partial charge in [0.25, 0.3) is 0 Å². The highest BCUT2D eigenvalue weighted by Gasteiger charge is 2.29. The van der Waals surface area contributed by atoms with E-state index in [0.717, 1.165) is 36.6 Å². The van der Waals surface area contributed by atoms with Gasteiger partial charge >= 0.3 is 5.97 Å². The topological polar surface area (TPSA) is 110 Å². The van der Waals surface area contributed by atoms with Crippen molar-refractivity contribution in [2.45, 2.75) is 19.3 Å². The van der Waals surface area contributed by atoms with Crippen molar-refractivity contribution < 1.29 is 14.6 Å². The van der Waals surface area contributed by atoms with Crippen molar-refractivity contribution in [1.29, 1.82) is 0 Å². The molecule has 28 heavy (non-hydrogen) atoms. The van der Waals surface area contributed by atoms with Gasteiger partial charge in [0.05, 0.1) is 28.8 Å². The fourth-order valence-electron chi connectivity index (χ4n) is 3.62. The number of hydrogen-bond donors (Lipinski definition) is 2. The molecule has 1 aromatic carbocycles. The lowest BCUT2D eigenvalue weighted by molar-refractivity contribution is -0.142. The number of aliphatic carboxylic acids is 1. The molecular weight excluding hydrogens is 398 g/mol. The van der Waals surface area contributed by atoms with E-state index in [1.165, 1.54) is 17.9 Å². The van der Waals surface area contributed by atoms with E-state index < -0.39 is 5.97 Å². The zero-order chi connectivity index (χ0) is 19.3. The zero-order valence-corrected chi connectivity index (χ0v) is 16.4. The second-order valence-electron chi connectivity index (χ2n) is 6.60. The molecule has 1 atom stereocenters. The molecule has 0 amide bonds. The van der Waals surface area contributed by atoms with E-state index in [1.54, 1.807) is 18.4 Å². The summed E-state index contributed by atoms with van der Waals surface area (Å²) in [6.07, 6.45) is 3.42. The minimum absolute atomic E-state index is 0.328. The van der Waals surface area contributed by atoms with Crippen LogP contribution in [0, 0.1) is 5.92 Å². The van der Waals surface area contributed by atoms with Crippen molar-refractivity contribution in [3.05, 3.63) is 28.9 Å². The van der Waals surface area contributed by atoms with Gasteiger partial charge in [0.1, 0.15) is 28.2 Å². The van der Waals surface area contributed by atoms with Gasteiger partial charge in [-0.2, -0.15) is 0 Å². The number of fused-ring (bicyclic) bond motifs is 4. The molecule has 0 radical (unpaired) electrons. The first-order valence-corrected chi connectivity index (χ1v) is 10.3. The molecule has 0 saturated heterocycles. The van der Waals surface area contributed by atoms with Gasteiger partial charge in [-0.3, -0.25) is 4.79 Å². The summed E-state index contributed by atoms with van der Waals surface area (Å²) in [5.41, 5.74) is 2.72. The van der Waals surface area contributed by atoms with E-state index in [9.17, 15) is 9.90 Å². The standard InChI is InChI=1S/C18H15N5O3S2/c1-26-12-5-11-14(28-23-22-11)6-10(12)21-16-15-9-3-2-8(18(24)25)4-13(9)27-17(15)20-7-19-16/h5-8H,2-4H2,1H3,(H,24,25)(H,19,20,21)/t8-/m0/s1. The van der Waals surface area contributed by atoms with Crippen LogP contribution in [0.15, 0.2) is 18.5 Å². The first-order chi connectivity index (χ1) is 13.6. The van der Waals surface area contributed by atoms with Crippen LogP contribution in [0.3, 0.4) is 0 Å². The number of carboxylic acid groups (broad SMARTS) is 1. The smallest absolute Gasteiger partial charge is 0.306 e. The van der Waals surface area contributed by atoms with Crippen LogP contribution in [0.5, 0.6) is 5.75 Å². The average Bonchev–Trinajstić information content (AvgIpc) is 3.30. The van der Waals surface area contributed by atoms with Crippen LogP contribution in [-0.4, -0.2) is 37.7 Å². The minimum Gasteiger partial charge on any atom is -0.494 e. The third-order valence-electron chi connectivity index (χ3n) is 5.02. The monoisotopic (exact) mass is 413 g/mol. The third kappa shape index (κ3) is 2.76. The second-order valence-corrected chi connectivity index (χ2v) is 8.47. The van der Waals surface area contributed by atoms with Gasteiger partial charge in [-0.05, 0) is 42.4 Å². The van der Waals surface area contributed by atoms with E-state index in [2.05, 4.69) is 24.9 Å². The Labute approximate surface area is 167 Å². The molecule has 0 spiro atoms. The number of carbonyl (C=O) groups is 1. The number of anilines is 2. The van der Waals surface area contributed by atoms with E-state index in [4.69, 9.17) is 4.74 Å². The third-order valence-corrected chi connectivity index (χ3v) is 6.87. The molecule has 1 aliphatic carbocycles. The first-order valence-electron chi connectivity index (χ1n) is 8.69. The number of nitrogens with zero attached hydrogens (tertiary/aromatic N) is 4. The largest absolute Gasteiger partial charge is 0.494 e. The summed E-state index contributed by atoms with van der Waals surface area (Å²) in [5.74, 6) is 0.295. The second kappa shape index (κ2) is 6.64. The van der Waals surface area contributed by atoms with E-state index in [0.29, 0.717) is 30.8 Å². The molecule has 0 unspecified atom stereocenters. The Morgan fingerprint density at radius 2 is 2.25 bits per heavy atom. The van der Waals surface area contributed by atoms with Crippen molar-refractivity contribution >= 4 is 60.8 Å². The highest BCUT2D eigenvalue weighted by atomic mass is 32.1. The number of carboxylic acids is 1. The van der Waals surface area contributed by atoms with Gasteiger partial charge in [-0.1, -0.05) is 4.49 Å². The normalized spacial score (nSPS) is 16.2. The molecule has 3 aromatic heterocycles. The highest BCUT2D eigenvalue weighted by Crippen LogP contribution is 2.41. The summed E-state index contributed by atoms with van der Waals surface area (Å²) >= 11 is 2.88. The molecule has 3 heterocycles. The van der Waals surface area contributed by atoms with Crippen LogP contribution < -0.4 is 10.1 Å². The van der Waals surface area contributed by atoms with Crippen molar-refractivity contribution in [3.8, 4) is 5.75 Å². The van der Waals surface area contributed by atoms with Crippen LogP contribution in [0.25, 0.3) is 20.4 Å². The Bertz CT molecular complexity index is 1220. The van der Waals surface area contributed by atoms with Crippen LogP contribution in [0.4, 0.5) is 11.5 Å². The minimum atomic E-state index is -0.733. The Balaban J connectivity index is 1.60. The lowest BCUT2D eigenvalue weighted by Gasteiger charge is -2.18. The van der Waals surface area contributed by atoms with Gasteiger partial charge < -0.3 is 15.2 Å². The molecule has 5 rings (SSSR count). The quantitative estimate of drug-likeness (QED) is 0.522. The maximum absolute atomic E-state index is 11.4. The number of hydrogen-bond acceptors (Lipinski definition) is 9. The van der Waals surface area contributed by atoms with Gasteiger partial charge in [-0.15, -0.1) is 16.4 Å². The van der Waals surface area contributed by atoms with Gasteiger partial charge in [-0.25, -0.2) is 9.97 Å². The molecule has 0 fully saturated rings. The number of aryl methyl sites for hydroxylation is 1. The molecule has 0 saturated carbocycles. The Hall–Kier alpha value is -2.85. The van der Waals surface area contributed by atoms with Gasteiger partial charge in [0, 0.05) is 10.9 Å². The Kier molecular flexibility index (Phi) is 4.09. The predicted molar refractivity (Wildman–Crippen MR) is 108 cm³/mol. The lowest BCUT2D eigenvalue weighted by atomic mass is 9.88. The molecular formula is C18H15N5O3S2. The summed E-state index contributed by atoms with van der Waals surface area (Å²) in [6, 6.07) is 3.80. The summed E-state index contributed by atoms with van der Waals surface area (Å²) in [5, 5.41) is 17.8. The van der Waals surface area contributed by atoms with Crippen LogP contribution >= 0.6 is 22.9 Å². The SMILES string of the molecule is COc1cc2nnsc2cc1Nc1ncnc2sc3c(c12)CC[C@H](C(=O)O)C3. The lowest BCUT2D eigenvalue weighted by Crippen LogP contribution is -2.21. The fraction of sp³-hybridized carbons (Fsp3) is 0.278. The maximum atomic E-state index is 11.4. The zero-order valence-electron chi connectivity index (χ0n) is 14.8. The predicted octanol–water partition coefficient (Wildman–Crippen LogP) is 3.64. The summed E-state index contributed by atoms with van der Waals surface area (Å²) < 4.78 is 10.4. The number of aromatic nitrogens is 4. The van der Waals surface area contributed by atoms with E-state index in [1.807, 2.05) is 12.1 Å². The summed E-state index contributed by atoms with van der Waals surface area (Å²) in [7, 11) is 1.61. The van der Waals surface area contributed by atoms with Crippen molar-refractivity contribution in [1.82, 2.24) is 19.6 Å². The maximum Gasteiger partial charge on any atom is 0.306 e. The van der Waals surface area contributed by atoms with Crippen molar-refractivity contribution in [2.75, 3.05) is 12.4 Å². The molecule has 1 aliphatic rings. The molecule has 0 aliphatic heterocycles. The molecule has 4 aromatic rings.